The van der Waals surface area contributed by atoms with Crippen LogP contribution >= 0.6 is 11.3 Å². The van der Waals surface area contributed by atoms with Crippen LogP contribution in [0.1, 0.15) is 36.9 Å². The molecule has 4 nitrogen and oxygen atoms in total. The highest BCUT2D eigenvalue weighted by Crippen LogP contribution is 2.37. The van der Waals surface area contributed by atoms with Crippen LogP contribution in [0.25, 0.3) is 11.1 Å². The van der Waals surface area contributed by atoms with Crippen molar-refractivity contribution in [2.24, 2.45) is 0 Å². The number of hydrogen-bond donors (Lipinski definition) is 0. The summed E-state index contributed by atoms with van der Waals surface area (Å²) in [5, 5.41) is 2.00. The first-order valence-electron chi connectivity index (χ1n) is 9.33. The summed E-state index contributed by atoms with van der Waals surface area (Å²) in [6, 6.07) is 20.6. The lowest BCUT2D eigenvalue weighted by atomic mass is 10.0. The van der Waals surface area contributed by atoms with Crippen LogP contribution in [0.2, 0.25) is 0 Å². The van der Waals surface area contributed by atoms with Crippen molar-refractivity contribution in [1.29, 1.82) is 0 Å². The monoisotopic (exact) mass is 399 g/mol. The topological polar surface area (TPSA) is 50.5 Å². The van der Waals surface area contributed by atoms with E-state index in [9.17, 15) is 9.59 Å². The minimum atomic E-state index is -0.124. The summed E-state index contributed by atoms with van der Waals surface area (Å²) in [6.45, 7) is 0.859. The normalized spacial score (nSPS) is 11.9. The molecule has 142 valence electrons. The minimum absolute atomic E-state index is 0.0268. The van der Waals surface area contributed by atoms with Gasteiger partial charge in [-0.25, -0.2) is 0 Å². The van der Waals surface area contributed by atoms with E-state index in [1.54, 1.807) is 34.6 Å². The van der Waals surface area contributed by atoms with Crippen molar-refractivity contribution in [2.75, 3.05) is 0 Å². The second-order valence-electron chi connectivity index (χ2n) is 6.96. The van der Waals surface area contributed by atoms with Crippen molar-refractivity contribution in [1.82, 2.24) is 4.90 Å². The van der Waals surface area contributed by atoms with Crippen molar-refractivity contribution in [3.63, 3.8) is 0 Å². The molecule has 2 aromatic carbocycles. The molecule has 4 aromatic rings. The lowest BCUT2D eigenvalue weighted by molar-refractivity contribution is 0.0719. The predicted molar refractivity (Wildman–Crippen MR) is 112 cm³/mol. The van der Waals surface area contributed by atoms with E-state index in [-0.39, 0.29) is 11.7 Å². The van der Waals surface area contributed by atoms with Gasteiger partial charge in [0.1, 0.15) is 5.76 Å². The molecular weight excluding hydrogens is 382 g/mol. The van der Waals surface area contributed by atoms with Crippen LogP contribution < -0.4 is 0 Å². The van der Waals surface area contributed by atoms with Crippen molar-refractivity contribution in [2.45, 2.75) is 13.1 Å². The third-order valence-corrected chi connectivity index (χ3v) is 5.97. The summed E-state index contributed by atoms with van der Waals surface area (Å²) < 4.78 is 5.46. The molecule has 2 heterocycles. The van der Waals surface area contributed by atoms with E-state index in [0.717, 1.165) is 21.8 Å². The number of ketones is 1. The van der Waals surface area contributed by atoms with E-state index < -0.39 is 0 Å². The van der Waals surface area contributed by atoms with Gasteiger partial charge in [0.05, 0.1) is 19.4 Å². The van der Waals surface area contributed by atoms with Crippen LogP contribution in [-0.4, -0.2) is 16.6 Å². The van der Waals surface area contributed by atoms with E-state index >= 15 is 0 Å². The van der Waals surface area contributed by atoms with Gasteiger partial charge in [-0.2, -0.15) is 0 Å². The third-order valence-electron chi connectivity index (χ3n) is 5.11. The summed E-state index contributed by atoms with van der Waals surface area (Å²) in [6.07, 6.45) is 1.61. The number of carbonyl (C=O) groups excluding carboxylic acids is 2. The third kappa shape index (κ3) is 3.19. The van der Waals surface area contributed by atoms with Gasteiger partial charge in [-0.15, -0.1) is 11.3 Å². The van der Waals surface area contributed by atoms with Gasteiger partial charge < -0.3 is 9.32 Å². The second-order valence-corrected chi connectivity index (χ2v) is 7.99. The molecule has 5 heteroatoms. The van der Waals surface area contributed by atoms with Crippen LogP contribution in [0.15, 0.2) is 82.8 Å². The fourth-order valence-electron chi connectivity index (χ4n) is 3.72. The molecule has 1 aliphatic rings. The highest BCUT2D eigenvalue weighted by molar-refractivity contribution is 7.09. The van der Waals surface area contributed by atoms with E-state index in [0.29, 0.717) is 29.8 Å². The van der Waals surface area contributed by atoms with E-state index in [1.165, 1.54) is 0 Å². The van der Waals surface area contributed by atoms with Crippen molar-refractivity contribution >= 4 is 23.0 Å². The van der Waals surface area contributed by atoms with Gasteiger partial charge in [0, 0.05) is 21.6 Å². The Labute approximate surface area is 172 Å². The highest BCUT2D eigenvalue weighted by atomic mass is 32.1. The summed E-state index contributed by atoms with van der Waals surface area (Å²) in [5.74, 6) is 0.571. The van der Waals surface area contributed by atoms with Gasteiger partial charge in [0.25, 0.3) is 5.91 Å². The molecule has 0 aliphatic heterocycles. The summed E-state index contributed by atoms with van der Waals surface area (Å²) in [4.78, 5) is 29.0. The van der Waals surface area contributed by atoms with Gasteiger partial charge >= 0.3 is 0 Å². The summed E-state index contributed by atoms with van der Waals surface area (Å²) in [7, 11) is 0. The van der Waals surface area contributed by atoms with Crippen molar-refractivity contribution in [3.8, 4) is 11.1 Å². The number of fused-ring (bicyclic) bond motifs is 3. The number of benzene rings is 2. The van der Waals surface area contributed by atoms with Crippen LogP contribution in [-0.2, 0) is 13.1 Å². The number of hydrogen-bond acceptors (Lipinski definition) is 4. The zero-order chi connectivity index (χ0) is 19.8. The molecule has 0 bridgehead atoms. The molecular formula is C24H17NO3S. The summed E-state index contributed by atoms with van der Waals surface area (Å²) >= 11 is 1.61. The van der Waals surface area contributed by atoms with Crippen molar-refractivity contribution < 1.29 is 14.0 Å². The quantitative estimate of drug-likeness (QED) is 0.398. The number of carbonyl (C=O) groups is 2. The Morgan fingerprint density at radius 2 is 1.69 bits per heavy atom. The maximum Gasteiger partial charge on any atom is 0.254 e. The van der Waals surface area contributed by atoms with Crippen LogP contribution in [0.3, 0.4) is 0 Å². The fraction of sp³-hybridized carbons (Fsp3) is 0.0833. The molecule has 0 saturated carbocycles. The first-order chi connectivity index (χ1) is 14.2. The Hall–Kier alpha value is -3.44. The van der Waals surface area contributed by atoms with E-state index in [4.69, 9.17) is 4.42 Å². The Morgan fingerprint density at radius 1 is 0.862 bits per heavy atom. The Kier molecular flexibility index (Phi) is 4.37. The fourth-order valence-corrected chi connectivity index (χ4v) is 4.44. The first-order valence-corrected chi connectivity index (χ1v) is 10.2. The van der Waals surface area contributed by atoms with Gasteiger partial charge in [0.2, 0.25) is 0 Å². The van der Waals surface area contributed by atoms with Gasteiger partial charge in [-0.1, -0.05) is 36.4 Å². The second kappa shape index (κ2) is 7.18. The van der Waals surface area contributed by atoms with E-state index in [2.05, 4.69) is 0 Å². The number of rotatable bonds is 5. The number of nitrogens with zero attached hydrogens (tertiary/aromatic N) is 1. The van der Waals surface area contributed by atoms with Crippen LogP contribution in [0.5, 0.6) is 0 Å². The largest absolute Gasteiger partial charge is 0.467 e. The summed E-state index contributed by atoms with van der Waals surface area (Å²) in [5.41, 5.74) is 3.60. The molecule has 0 fully saturated rings. The number of furan rings is 1. The molecule has 1 aliphatic carbocycles. The Bertz CT molecular complexity index is 1160. The zero-order valence-electron chi connectivity index (χ0n) is 15.5. The van der Waals surface area contributed by atoms with Gasteiger partial charge in [-0.05, 0) is 46.8 Å². The zero-order valence-corrected chi connectivity index (χ0v) is 16.3. The molecule has 0 unspecified atom stereocenters. The molecule has 0 saturated heterocycles. The standard InChI is InChI=1S/C24H17NO3S/c26-23-21-8-2-1-7-19(21)20-10-9-16(13-22(20)23)24(27)25(14-17-5-3-11-28-17)15-18-6-4-12-29-18/h1-13H,14-15H2. The molecule has 0 atom stereocenters. The van der Waals surface area contributed by atoms with Gasteiger partial charge in [0.15, 0.2) is 5.78 Å². The minimum Gasteiger partial charge on any atom is -0.467 e. The van der Waals surface area contributed by atoms with Crippen molar-refractivity contribution in [3.05, 3.63) is 106 Å². The smallest absolute Gasteiger partial charge is 0.254 e. The predicted octanol–water partition coefficient (Wildman–Crippen LogP) is 5.40. The average Bonchev–Trinajstić information content (AvgIpc) is 3.50. The SMILES string of the molecule is O=C1c2ccccc2-c2ccc(C(=O)N(Cc3ccco3)Cc3cccs3)cc21. The molecule has 5 rings (SSSR count). The maximum absolute atomic E-state index is 13.4. The Morgan fingerprint density at radius 3 is 2.45 bits per heavy atom. The number of amides is 1. The lowest BCUT2D eigenvalue weighted by Crippen LogP contribution is -2.29. The van der Waals surface area contributed by atoms with Crippen LogP contribution in [0, 0.1) is 0 Å². The highest BCUT2D eigenvalue weighted by Gasteiger charge is 2.28. The van der Waals surface area contributed by atoms with Crippen LogP contribution in [0.4, 0.5) is 0 Å². The molecule has 29 heavy (non-hydrogen) atoms. The Balaban J connectivity index is 1.48. The molecule has 0 spiro atoms. The average molecular weight is 399 g/mol. The molecule has 0 N–H and O–H groups in total. The molecule has 1 amide bonds. The first kappa shape index (κ1) is 17.6. The van der Waals surface area contributed by atoms with E-state index in [1.807, 2.05) is 60.0 Å². The lowest BCUT2D eigenvalue weighted by Gasteiger charge is -2.21. The number of thiophene rings is 1. The maximum atomic E-state index is 13.4. The molecule has 2 aromatic heterocycles. The molecule has 0 radical (unpaired) electrons. The van der Waals surface area contributed by atoms with Gasteiger partial charge in [-0.3, -0.25) is 9.59 Å².